The summed E-state index contributed by atoms with van der Waals surface area (Å²) in [6.45, 7) is 0.0930. The van der Waals surface area contributed by atoms with Gasteiger partial charge in [0.05, 0.1) is 11.4 Å². The highest BCUT2D eigenvalue weighted by atomic mass is 19.1. The normalized spacial score (nSPS) is 16.8. The van der Waals surface area contributed by atoms with Crippen molar-refractivity contribution >= 4 is 23.2 Å². The molecular formula is C20H19FN2O2. The van der Waals surface area contributed by atoms with Crippen LogP contribution in [0.5, 0.6) is 0 Å². The van der Waals surface area contributed by atoms with E-state index in [1.165, 1.54) is 12.1 Å². The smallest absolute Gasteiger partial charge is 0.247 e. The number of para-hydroxylation sites is 2. The molecule has 4 rings (SSSR count). The monoisotopic (exact) mass is 338 g/mol. The molecule has 0 spiro atoms. The number of fused-ring (bicyclic) bond motifs is 1. The molecule has 1 saturated carbocycles. The molecule has 0 atom stereocenters. The number of halogens is 1. The molecule has 2 aromatic carbocycles. The Balaban J connectivity index is 1.53. The fourth-order valence-electron chi connectivity index (χ4n) is 3.32. The molecule has 0 saturated heterocycles. The van der Waals surface area contributed by atoms with Gasteiger partial charge in [-0.1, -0.05) is 24.3 Å². The lowest BCUT2D eigenvalue weighted by molar-refractivity contribution is -0.123. The summed E-state index contributed by atoms with van der Waals surface area (Å²) in [5.74, 6) is -0.386. The van der Waals surface area contributed by atoms with E-state index in [9.17, 15) is 14.0 Å². The molecule has 25 heavy (non-hydrogen) atoms. The van der Waals surface area contributed by atoms with Crippen LogP contribution in [0.15, 0.2) is 48.5 Å². The van der Waals surface area contributed by atoms with E-state index in [1.54, 1.807) is 17.0 Å². The van der Waals surface area contributed by atoms with Crippen LogP contribution in [0.4, 0.5) is 15.8 Å². The van der Waals surface area contributed by atoms with Crippen molar-refractivity contribution in [1.82, 2.24) is 0 Å². The second kappa shape index (κ2) is 6.31. The van der Waals surface area contributed by atoms with Gasteiger partial charge in [0.15, 0.2) is 0 Å². The summed E-state index contributed by atoms with van der Waals surface area (Å²) in [5.41, 5.74) is 2.54. The molecule has 0 N–H and O–H groups in total. The summed E-state index contributed by atoms with van der Waals surface area (Å²) in [5, 5.41) is 0. The van der Waals surface area contributed by atoms with Crippen molar-refractivity contribution in [2.75, 3.05) is 16.3 Å². The Morgan fingerprint density at radius 2 is 1.72 bits per heavy atom. The van der Waals surface area contributed by atoms with Crippen LogP contribution >= 0.6 is 0 Å². The van der Waals surface area contributed by atoms with Gasteiger partial charge in [0.25, 0.3) is 0 Å². The van der Waals surface area contributed by atoms with Gasteiger partial charge in [-0.25, -0.2) is 4.39 Å². The predicted molar refractivity (Wildman–Crippen MR) is 94.0 cm³/mol. The van der Waals surface area contributed by atoms with Crippen molar-refractivity contribution in [2.24, 2.45) is 0 Å². The van der Waals surface area contributed by atoms with E-state index in [-0.39, 0.29) is 36.6 Å². The van der Waals surface area contributed by atoms with Gasteiger partial charge in [0.1, 0.15) is 12.4 Å². The van der Waals surface area contributed by atoms with Crippen molar-refractivity contribution in [3.8, 4) is 0 Å². The summed E-state index contributed by atoms with van der Waals surface area (Å²) in [6.07, 6.45) is 2.87. The molecule has 1 fully saturated rings. The highest BCUT2D eigenvalue weighted by molar-refractivity contribution is 6.11. The molecule has 1 heterocycles. The van der Waals surface area contributed by atoms with Gasteiger partial charge in [0.2, 0.25) is 11.8 Å². The lowest BCUT2D eigenvalue weighted by Gasteiger charge is -2.36. The molecule has 1 aliphatic heterocycles. The number of nitrogens with zero attached hydrogens (tertiary/aromatic N) is 2. The summed E-state index contributed by atoms with van der Waals surface area (Å²) in [6, 6.07) is 14.0. The van der Waals surface area contributed by atoms with E-state index in [4.69, 9.17) is 0 Å². The van der Waals surface area contributed by atoms with Crippen LogP contribution < -0.4 is 9.80 Å². The number of hydrogen-bond acceptors (Lipinski definition) is 2. The van der Waals surface area contributed by atoms with Gasteiger partial charge < -0.3 is 9.80 Å². The Bertz CT molecular complexity index is 815. The molecule has 2 aromatic rings. The Kier molecular flexibility index (Phi) is 3.99. The average molecular weight is 338 g/mol. The first kappa shape index (κ1) is 15.8. The lowest BCUT2D eigenvalue weighted by Crippen LogP contribution is -2.49. The second-order valence-corrected chi connectivity index (χ2v) is 6.59. The van der Waals surface area contributed by atoms with Crippen LogP contribution in [0.25, 0.3) is 0 Å². The quantitative estimate of drug-likeness (QED) is 0.858. The molecule has 0 bridgehead atoms. The number of benzene rings is 2. The number of carbonyl (C=O) groups excluding carboxylic acids is 2. The average Bonchev–Trinajstić information content (AvgIpc) is 3.45. The van der Waals surface area contributed by atoms with Crippen LogP contribution in [0.1, 0.15) is 24.8 Å². The van der Waals surface area contributed by atoms with Crippen LogP contribution in [0.3, 0.4) is 0 Å². The third-order valence-corrected chi connectivity index (χ3v) is 4.75. The number of rotatable bonds is 4. The molecule has 2 aliphatic rings. The number of anilines is 2. The molecule has 0 radical (unpaired) electrons. The van der Waals surface area contributed by atoms with Crippen LogP contribution in [0.2, 0.25) is 0 Å². The minimum absolute atomic E-state index is 0.0173. The van der Waals surface area contributed by atoms with E-state index in [2.05, 4.69) is 0 Å². The summed E-state index contributed by atoms with van der Waals surface area (Å²) in [7, 11) is 0. The summed E-state index contributed by atoms with van der Waals surface area (Å²) in [4.78, 5) is 28.7. The fraction of sp³-hybridized carbons (Fsp3) is 0.300. The zero-order valence-electron chi connectivity index (χ0n) is 13.8. The van der Waals surface area contributed by atoms with Crippen LogP contribution in [-0.2, 0) is 16.0 Å². The molecule has 5 heteroatoms. The fourth-order valence-corrected chi connectivity index (χ4v) is 3.32. The third kappa shape index (κ3) is 3.14. The molecule has 4 nitrogen and oxygen atoms in total. The molecule has 0 unspecified atom stereocenters. The molecular weight excluding hydrogens is 319 g/mol. The standard InChI is InChI=1S/C20H19FN2O2/c21-15-8-5-14(6-9-15)7-12-19(24)22-13-20(25)23(16-10-11-16)18-4-2-1-3-17(18)22/h1-6,8-9,16H,7,10-13H2. The van der Waals surface area contributed by atoms with E-state index in [1.807, 2.05) is 29.2 Å². The number of aryl methyl sites for hydroxylation is 1. The first-order valence-electron chi connectivity index (χ1n) is 8.59. The van der Waals surface area contributed by atoms with Crippen molar-refractivity contribution in [3.63, 3.8) is 0 Å². The topological polar surface area (TPSA) is 40.6 Å². The Morgan fingerprint density at radius 3 is 2.40 bits per heavy atom. The van der Waals surface area contributed by atoms with Crippen molar-refractivity contribution in [3.05, 3.63) is 59.9 Å². The van der Waals surface area contributed by atoms with Crippen LogP contribution in [0, 0.1) is 5.82 Å². The Hall–Kier alpha value is -2.69. The highest BCUT2D eigenvalue weighted by Gasteiger charge is 2.40. The van der Waals surface area contributed by atoms with Gasteiger partial charge in [-0.3, -0.25) is 9.59 Å². The van der Waals surface area contributed by atoms with Crippen molar-refractivity contribution < 1.29 is 14.0 Å². The van der Waals surface area contributed by atoms with Crippen LogP contribution in [-0.4, -0.2) is 24.4 Å². The minimum Gasteiger partial charge on any atom is -0.306 e. The largest absolute Gasteiger partial charge is 0.306 e. The van der Waals surface area contributed by atoms with E-state index in [0.29, 0.717) is 6.42 Å². The molecule has 0 aromatic heterocycles. The van der Waals surface area contributed by atoms with Gasteiger partial charge in [-0.05, 0) is 49.1 Å². The van der Waals surface area contributed by atoms with Crippen molar-refractivity contribution in [2.45, 2.75) is 31.7 Å². The zero-order valence-corrected chi connectivity index (χ0v) is 13.8. The van der Waals surface area contributed by atoms with E-state index < -0.39 is 0 Å². The van der Waals surface area contributed by atoms with Gasteiger partial charge in [-0.15, -0.1) is 0 Å². The number of amides is 2. The maximum absolute atomic E-state index is 13.0. The van der Waals surface area contributed by atoms with Crippen molar-refractivity contribution in [1.29, 1.82) is 0 Å². The third-order valence-electron chi connectivity index (χ3n) is 4.75. The van der Waals surface area contributed by atoms with E-state index in [0.717, 1.165) is 29.8 Å². The summed E-state index contributed by atoms with van der Waals surface area (Å²) < 4.78 is 13.0. The first-order valence-corrected chi connectivity index (χ1v) is 8.59. The van der Waals surface area contributed by atoms with Gasteiger partial charge in [-0.2, -0.15) is 0 Å². The second-order valence-electron chi connectivity index (χ2n) is 6.59. The maximum Gasteiger partial charge on any atom is 0.247 e. The molecule has 128 valence electrons. The lowest BCUT2D eigenvalue weighted by atomic mass is 10.1. The SMILES string of the molecule is O=C(CCc1ccc(F)cc1)N1CC(=O)N(C2CC2)c2ccccc21. The zero-order chi connectivity index (χ0) is 17.4. The number of hydrogen-bond donors (Lipinski definition) is 0. The predicted octanol–water partition coefficient (Wildman–Crippen LogP) is 3.30. The molecule has 1 aliphatic carbocycles. The first-order chi connectivity index (χ1) is 12.1. The molecule has 2 amide bonds. The maximum atomic E-state index is 13.0. The summed E-state index contributed by atoms with van der Waals surface area (Å²) >= 11 is 0. The minimum atomic E-state index is -0.286. The Morgan fingerprint density at radius 1 is 1.04 bits per heavy atom. The Labute approximate surface area is 145 Å². The van der Waals surface area contributed by atoms with Gasteiger partial charge in [0, 0.05) is 12.5 Å². The van der Waals surface area contributed by atoms with E-state index >= 15 is 0 Å². The number of carbonyl (C=O) groups is 2. The highest BCUT2D eigenvalue weighted by Crippen LogP contribution is 2.40. The van der Waals surface area contributed by atoms with Gasteiger partial charge >= 0.3 is 0 Å².